The fraction of sp³-hybridized carbons (Fsp3) is 0.379. The summed E-state index contributed by atoms with van der Waals surface area (Å²) in [5.41, 5.74) is 1.77. The number of thiophene rings is 1. The smallest absolute Gasteiger partial charge is 0.254 e. The first kappa shape index (κ1) is 26.6. The van der Waals surface area contributed by atoms with Crippen molar-refractivity contribution in [2.24, 2.45) is 5.92 Å². The van der Waals surface area contributed by atoms with Crippen molar-refractivity contribution in [2.45, 2.75) is 50.0 Å². The number of rotatable bonds is 7. The van der Waals surface area contributed by atoms with Gasteiger partial charge in [0.1, 0.15) is 0 Å². The van der Waals surface area contributed by atoms with Crippen molar-refractivity contribution in [1.82, 2.24) is 9.21 Å². The zero-order valence-corrected chi connectivity index (χ0v) is 23.3. The average molecular weight is 552 g/mol. The lowest BCUT2D eigenvalue weighted by Gasteiger charge is -2.42. The lowest BCUT2D eigenvalue weighted by Crippen LogP contribution is -2.47. The molecule has 1 N–H and O–H groups in total. The molecule has 7 nitrogen and oxygen atoms in total. The lowest BCUT2D eigenvalue weighted by molar-refractivity contribution is -0.119. The Morgan fingerprint density at radius 3 is 2.37 bits per heavy atom. The van der Waals surface area contributed by atoms with Crippen LogP contribution in [-0.4, -0.2) is 49.1 Å². The first-order chi connectivity index (χ1) is 18.3. The van der Waals surface area contributed by atoms with Gasteiger partial charge in [-0.05, 0) is 66.1 Å². The van der Waals surface area contributed by atoms with Gasteiger partial charge in [0.05, 0.1) is 16.9 Å². The van der Waals surface area contributed by atoms with Gasteiger partial charge in [-0.1, -0.05) is 44.5 Å². The number of benzene rings is 2. The molecule has 200 valence electrons. The van der Waals surface area contributed by atoms with E-state index in [1.54, 1.807) is 30.3 Å². The number of nitrogens with one attached hydrogen (secondary N) is 1. The van der Waals surface area contributed by atoms with Crippen molar-refractivity contribution in [1.29, 1.82) is 0 Å². The van der Waals surface area contributed by atoms with Crippen LogP contribution in [0.1, 0.15) is 65.9 Å². The molecule has 0 unspecified atom stereocenters. The average Bonchev–Trinajstić information content (AvgIpc) is 3.45. The normalized spacial score (nSPS) is 20.4. The molecular formula is C29H33N3O4S2. The SMILES string of the molecule is CC(C)CN1C(=O)c2ccccc2[C@@H](C(=O)Nc2ccc(S(=O)(=O)N3CCCCC3)cc2)[C@@H]1c1cccs1. The third-order valence-electron chi connectivity index (χ3n) is 7.19. The molecule has 0 saturated carbocycles. The monoisotopic (exact) mass is 551 g/mol. The second-order valence-electron chi connectivity index (χ2n) is 10.4. The standard InChI is InChI=1S/C29H33N3O4S2/c1-20(2)19-32-27(25-11-8-18-37-25)26(23-9-4-5-10-24(23)29(32)34)28(33)30-21-12-14-22(15-13-21)38(35,36)31-16-6-3-7-17-31/h4-5,8-15,18,20,26-27H,3,6-7,16-17,19H2,1-2H3,(H,30,33)/t26-,27+/m1/s1. The molecule has 2 aliphatic heterocycles. The van der Waals surface area contributed by atoms with Gasteiger partial charge in [0.25, 0.3) is 5.91 Å². The summed E-state index contributed by atoms with van der Waals surface area (Å²) in [5.74, 6) is -0.685. The molecule has 0 spiro atoms. The molecule has 1 fully saturated rings. The molecule has 38 heavy (non-hydrogen) atoms. The molecule has 2 amide bonds. The van der Waals surface area contributed by atoms with Gasteiger partial charge in [-0.15, -0.1) is 11.3 Å². The van der Waals surface area contributed by atoms with Crippen LogP contribution in [0.15, 0.2) is 70.9 Å². The van der Waals surface area contributed by atoms with Gasteiger partial charge in [0.15, 0.2) is 0 Å². The molecule has 9 heteroatoms. The van der Waals surface area contributed by atoms with Crippen molar-refractivity contribution >= 4 is 38.9 Å². The van der Waals surface area contributed by atoms with E-state index in [1.165, 1.54) is 15.6 Å². The first-order valence-corrected chi connectivity index (χ1v) is 15.4. The number of piperidine rings is 1. The minimum atomic E-state index is -3.55. The van der Waals surface area contributed by atoms with Crippen LogP contribution in [0, 0.1) is 5.92 Å². The molecular weight excluding hydrogens is 518 g/mol. The Kier molecular flexibility index (Phi) is 7.70. The van der Waals surface area contributed by atoms with Gasteiger partial charge < -0.3 is 10.2 Å². The minimum Gasteiger partial charge on any atom is -0.329 e. The molecule has 2 aromatic carbocycles. The van der Waals surface area contributed by atoms with E-state index in [1.807, 2.05) is 40.6 Å². The Morgan fingerprint density at radius 1 is 1.00 bits per heavy atom. The van der Waals surface area contributed by atoms with Gasteiger partial charge in [-0.25, -0.2) is 8.42 Å². The van der Waals surface area contributed by atoms with Crippen LogP contribution >= 0.6 is 11.3 Å². The van der Waals surface area contributed by atoms with E-state index in [0.717, 1.165) is 24.1 Å². The topological polar surface area (TPSA) is 86.8 Å². The van der Waals surface area contributed by atoms with Crippen LogP contribution in [-0.2, 0) is 14.8 Å². The second-order valence-corrected chi connectivity index (χ2v) is 13.3. The van der Waals surface area contributed by atoms with E-state index in [-0.39, 0.29) is 22.6 Å². The van der Waals surface area contributed by atoms with Gasteiger partial charge >= 0.3 is 0 Å². The highest BCUT2D eigenvalue weighted by molar-refractivity contribution is 7.89. The minimum absolute atomic E-state index is 0.0657. The number of hydrogen-bond acceptors (Lipinski definition) is 5. The number of anilines is 1. The molecule has 5 rings (SSSR count). The van der Waals surface area contributed by atoms with Gasteiger partial charge in [0, 0.05) is 35.8 Å². The molecule has 1 aromatic heterocycles. The second kappa shape index (κ2) is 11.0. The van der Waals surface area contributed by atoms with Crippen molar-refractivity contribution in [3.8, 4) is 0 Å². The van der Waals surface area contributed by atoms with Gasteiger partial charge in [-0.2, -0.15) is 4.31 Å². The number of carbonyl (C=O) groups is 2. The predicted molar refractivity (Wildman–Crippen MR) is 150 cm³/mol. The molecule has 2 atom stereocenters. The van der Waals surface area contributed by atoms with Crippen LogP contribution in [0.25, 0.3) is 0 Å². The van der Waals surface area contributed by atoms with Crippen molar-refractivity contribution in [3.63, 3.8) is 0 Å². The summed E-state index contributed by atoms with van der Waals surface area (Å²) in [5, 5.41) is 4.97. The molecule has 0 bridgehead atoms. The van der Waals surface area contributed by atoms with E-state index in [2.05, 4.69) is 19.2 Å². The Labute approximate surface area is 228 Å². The van der Waals surface area contributed by atoms with Crippen LogP contribution in [0.4, 0.5) is 5.69 Å². The molecule has 3 heterocycles. The van der Waals surface area contributed by atoms with Crippen LogP contribution in [0.3, 0.4) is 0 Å². The lowest BCUT2D eigenvalue weighted by atomic mass is 9.81. The number of amides is 2. The largest absolute Gasteiger partial charge is 0.329 e. The highest BCUT2D eigenvalue weighted by atomic mass is 32.2. The van der Waals surface area contributed by atoms with E-state index in [4.69, 9.17) is 0 Å². The summed E-state index contributed by atoms with van der Waals surface area (Å²) in [6.07, 6.45) is 2.80. The van der Waals surface area contributed by atoms with Gasteiger partial charge in [0.2, 0.25) is 15.9 Å². The maximum Gasteiger partial charge on any atom is 0.254 e. The Bertz CT molecular complexity index is 1400. The summed E-state index contributed by atoms with van der Waals surface area (Å²) >= 11 is 1.54. The fourth-order valence-electron chi connectivity index (χ4n) is 5.43. The Balaban J connectivity index is 1.46. The van der Waals surface area contributed by atoms with Crippen LogP contribution in [0.2, 0.25) is 0 Å². The first-order valence-electron chi connectivity index (χ1n) is 13.1. The Hall–Kier alpha value is -3.01. The van der Waals surface area contributed by atoms with Crippen molar-refractivity contribution in [2.75, 3.05) is 25.0 Å². The van der Waals surface area contributed by atoms with E-state index in [9.17, 15) is 18.0 Å². The molecule has 0 aliphatic carbocycles. The highest BCUT2D eigenvalue weighted by Crippen LogP contribution is 2.45. The summed E-state index contributed by atoms with van der Waals surface area (Å²) in [7, 11) is -3.55. The third kappa shape index (κ3) is 5.15. The quantitative estimate of drug-likeness (QED) is 0.420. The highest BCUT2D eigenvalue weighted by Gasteiger charge is 2.44. The maximum absolute atomic E-state index is 13.9. The predicted octanol–water partition coefficient (Wildman–Crippen LogP) is 5.50. The maximum atomic E-state index is 13.9. The summed E-state index contributed by atoms with van der Waals surface area (Å²) < 4.78 is 27.6. The summed E-state index contributed by atoms with van der Waals surface area (Å²) in [6.45, 7) is 5.74. The van der Waals surface area contributed by atoms with E-state index >= 15 is 0 Å². The van der Waals surface area contributed by atoms with Gasteiger partial charge in [-0.3, -0.25) is 9.59 Å². The van der Waals surface area contributed by atoms with Crippen LogP contribution < -0.4 is 5.32 Å². The van der Waals surface area contributed by atoms with Crippen molar-refractivity contribution < 1.29 is 18.0 Å². The zero-order valence-electron chi connectivity index (χ0n) is 21.7. The summed E-state index contributed by atoms with van der Waals surface area (Å²) in [6, 6.07) is 17.2. The number of hydrogen-bond donors (Lipinski definition) is 1. The number of carbonyl (C=O) groups excluding carboxylic acids is 2. The number of sulfonamides is 1. The fourth-order valence-corrected chi connectivity index (χ4v) is 7.82. The van der Waals surface area contributed by atoms with Crippen molar-refractivity contribution in [3.05, 3.63) is 82.0 Å². The number of fused-ring (bicyclic) bond motifs is 1. The summed E-state index contributed by atoms with van der Waals surface area (Å²) in [4.78, 5) is 30.5. The third-order valence-corrected chi connectivity index (χ3v) is 10.0. The molecule has 1 saturated heterocycles. The van der Waals surface area contributed by atoms with E-state index in [0.29, 0.717) is 36.4 Å². The van der Waals surface area contributed by atoms with Crippen LogP contribution in [0.5, 0.6) is 0 Å². The number of nitrogens with zero attached hydrogens (tertiary/aromatic N) is 2. The molecule has 0 radical (unpaired) electrons. The molecule has 2 aliphatic rings. The van der Waals surface area contributed by atoms with E-state index < -0.39 is 22.0 Å². The molecule has 3 aromatic rings. The Morgan fingerprint density at radius 2 is 1.71 bits per heavy atom. The zero-order chi connectivity index (χ0) is 26.9.